The summed E-state index contributed by atoms with van der Waals surface area (Å²) in [4.78, 5) is 14.9. The van der Waals surface area contributed by atoms with Crippen molar-refractivity contribution in [2.75, 3.05) is 26.3 Å². The van der Waals surface area contributed by atoms with Gasteiger partial charge in [-0.25, -0.2) is 9.97 Å². The summed E-state index contributed by atoms with van der Waals surface area (Å²) in [7, 11) is 0. The van der Waals surface area contributed by atoms with E-state index >= 15 is 0 Å². The van der Waals surface area contributed by atoms with E-state index in [2.05, 4.69) is 18.7 Å². The highest BCUT2D eigenvalue weighted by molar-refractivity contribution is 8.00. The summed E-state index contributed by atoms with van der Waals surface area (Å²) < 4.78 is 5.45. The van der Waals surface area contributed by atoms with E-state index in [1.807, 2.05) is 23.1 Å². The van der Waals surface area contributed by atoms with E-state index in [4.69, 9.17) is 14.7 Å². The number of fused-ring (bicyclic) bond motifs is 1. The van der Waals surface area contributed by atoms with Crippen molar-refractivity contribution >= 4 is 33.3 Å². The maximum absolute atomic E-state index is 5.45. The molecule has 130 valence electrons. The standard InChI is InChI=1S/C18H25N3OS2/c1-12-13(2)23-17-16(12)18(24-14-5-3-4-6-14)20-15(19-17)11-21-7-9-22-10-8-21/h14H,3-11H2,1-2H3. The van der Waals surface area contributed by atoms with Gasteiger partial charge in [-0.1, -0.05) is 12.8 Å². The van der Waals surface area contributed by atoms with Crippen molar-refractivity contribution in [3.8, 4) is 0 Å². The second kappa shape index (κ2) is 7.28. The average Bonchev–Trinajstić information content (AvgIpc) is 3.17. The Balaban J connectivity index is 1.66. The first-order valence-corrected chi connectivity index (χ1v) is 10.6. The summed E-state index contributed by atoms with van der Waals surface area (Å²) in [5, 5.41) is 3.26. The summed E-state index contributed by atoms with van der Waals surface area (Å²) in [5.74, 6) is 0.978. The molecule has 0 unspecified atom stereocenters. The second-order valence-electron chi connectivity index (χ2n) is 6.82. The molecule has 6 heteroatoms. The van der Waals surface area contributed by atoms with Gasteiger partial charge in [0, 0.05) is 28.6 Å². The zero-order valence-electron chi connectivity index (χ0n) is 14.5. The van der Waals surface area contributed by atoms with E-state index in [0.717, 1.165) is 43.9 Å². The van der Waals surface area contributed by atoms with Crippen LogP contribution in [0.4, 0.5) is 0 Å². The molecule has 2 aliphatic rings. The van der Waals surface area contributed by atoms with Crippen LogP contribution in [-0.2, 0) is 11.3 Å². The number of thioether (sulfide) groups is 1. The van der Waals surface area contributed by atoms with E-state index in [9.17, 15) is 0 Å². The van der Waals surface area contributed by atoms with Gasteiger partial charge in [0.1, 0.15) is 15.7 Å². The summed E-state index contributed by atoms with van der Waals surface area (Å²) in [6.07, 6.45) is 5.40. The molecule has 4 nitrogen and oxygen atoms in total. The number of hydrogen-bond acceptors (Lipinski definition) is 6. The number of thiophene rings is 1. The van der Waals surface area contributed by atoms with Crippen molar-refractivity contribution in [1.29, 1.82) is 0 Å². The number of hydrogen-bond donors (Lipinski definition) is 0. The normalized spacial score (nSPS) is 20.2. The van der Waals surface area contributed by atoms with E-state index in [1.54, 1.807) is 0 Å². The van der Waals surface area contributed by atoms with Gasteiger partial charge >= 0.3 is 0 Å². The maximum atomic E-state index is 5.45. The van der Waals surface area contributed by atoms with Gasteiger partial charge < -0.3 is 4.74 Å². The van der Waals surface area contributed by atoms with Crippen LogP contribution in [0.15, 0.2) is 5.03 Å². The van der Waals surface area contributed by atoms with Gasteiger partial charge in [0.05, 0.1) is 19.8 Å². The third-order valence-corrected chi connectivity index (χ3v) is 7.52. The molecule has 0 amide bonds. The minimum atomic E-state index is 0.735. The molecular weight excluding hydrogens is 338 g/mol. The highest BCUT2D eigenvalue weighted by Gasteiger charge is 2.22. The smallest absolute Gasteiger partial charge is 0.145 e. The lowest BCUT2D eigenvalue weighted by atomic mass is 10.2. The van der Waals surface area contributed by atoms with Crippen molar-refractivity contribution in [3.63, 3.8) is 0 Å². The molecule has 4 rings (SSSR count). The van der Waals surface area contributed by atoms with E-state index in [1.165, 1.54) is 51.4 Å². The molecule has 0 N–H and O–H groups in total. The second-order valence-corrected chi connectivity index (χ2v) is 9.31. The molecular formula is C18H25N3OS2. The first kappa shape index (κ1) is 16.8. The SMILES string of the molecule is Cc1sc2nc(CN3CCOCC3)nc(SC3CCCC3)c2c1C. The monoisotopic (exact) mass is 363 g/mol. The van der Waals surface area contributed by atoms with Gasteiger partial charge in [-0.2, -0.15) is 0 Å². The largest absolute Gasteiger partial charge is 0.379 e. The molecule has 0 radical (unpaired) electrons. The molecule has 0 spiro atoms. The molecule has 2 aromatic rings. The number of nitrogens with zero attached hydrogens (tertiary/aromatic N) is 3. The number of ether oxygens (including phenoxy) is 1. The molecule has 0 bridgehead atoms. The van der Waals surface area contributed by atoms with Crippen LogP contribution < -0.4 is 0 Å². The minimum absolute atomic E-state index is 0.735. The molecule has 1 aliphatic carbocycles. The Morgan fingerprint density at radius 1 is 1.17 bits per heavy atom. The maximum Gasteiger partial charge on any atom is 0.145 e. The zero-order chi connectivity index (χ0) is 16.5. The summed E-state index contributed by atoms with van der Waals surface area (Å²) >= 11 is 3.82. The quantitative estimate of drug-likeness (QED) is 0.762. The van der Waals surface area contributed by atoms with Crippen LogP contribution in [0, 0.1) is 13.8 Å². The van der Waals surface area contributed by atoms with E-state index in [-0.39, 0.29) is 0 Å². The van der Waals surface area contributed by atoms with Gasteiger partial charge in [-0.15, -0.1) is 23.1 Å². The van der Waals surface area contributed by atoms with Crippen molar-refractivity contribution in [3.05, 3.63) is 16.3 Å². The Morgan fingerprint density at radius 2 is 1.92 bits per heavy atom. The number of aryl methyl sites for hydroxylation is 2. The van der Waals surface area contributed by atoms with Crippen LogP contribution in [0.3, 0.4) is 0 Å². The first-order valence-electron chi connectivity index (χ1n) is 8.94. The molecule has 3 heterocycles. The molecule has 0 aromatic carbocycles. The number of rotatable bonds is 4. The summed E-state index contributed by atoms with van der Waals surface area (Å²) in [6, 6.07) is 0. The Bertz CT molecular complexity index is 719. The van der Waals surface area contributed by atoms with Crippen molar-refractivity contribution in [1.82, 2.24) is 14.9 Å². The topological polar surface area (TPSA) is 38.2 Å². The van der Waals surface area contributed by atoms with Crippen LogP contribution >= 0.6 is 23.1 Å². The molecule has 2 fully saturated rings. The first-order chi connectivity index (χ1) is 11.7. The lowest BCUT2D eigenvalue weighted by Crippen LogP contribution is -2.36. The Kier molecular flexibility index (Phi) is 5.08. The van der Waals surface area contributed by atoms with Gasteiger partial charge in [-0.05, 0) is 32.3 Å². The van der Waals surface area contributed by atoms with Crippen LogP contribution in [-0.4, -0.2) is 46.4 Å². The Hall–Kier alpha value is -0.690. The third kappa shape index (κ3) is 3.47. The van der Waals surface area contributed by atoms with Crippen molar-refractivity contribution < 1.29 is 4.74 Å². The van der Waals surface area contributed by atoms with Crippen LogP contribution in [0.2, 0.25) is 0 Å². The zero-order valence-corrected chi connectivity index (χ0v) is 16.1. The highest BCUT2D eigenvalue weighted by atomic mass is 32.2. The van der Waals surface area contributed by atoms with Crippen LogP contribution in [0.5, 0.6) is 0 Å². The summed E-state index contributed by atoms with van der Waals surface area (Å²) in [5.41, 5.74) is 1.37. The molecule has 2 aromatic heterocycles. The fourth-order valence-electron chi connectivity index (χ4n) is 3.53. The highest BCUT2D eigenvalue weighted by Crippen LogP contribution is 2.40. The molecule has 0 atom stereocenters. The minimum Gasteiger partial charge on any atom is -0.379 e. The number of aromatic nitrogens is 2. The lowest BCUT2D eigenvalue weighted by molar-refractivity contribution is 0.0330. The van der Waals surface area contributed by atoms with Crippen LogP contribution in [0.1, 0.15) is 41.9 Å². The Labute approximate surface area is 152 Å². The average molecular weight is 364 g/mol. The summed E-state index contributed by atoms with van der Waals surface area (Å²) in [6.45, 7) is 8.87. The number of morpholine rings is 1. The van der Waals surface area contributed by atoms with E-state index in [0.29, 0.717) is 0 Å². The van der Waals surface area contributed by atoms with Gasteiger partial charge in [0.25, 0.3) is 0 Å². The molecule has 1 aliphatic heterocycles. The predicted molar refractivity (Wildman–Crippen MR) is 101 cm³/mol. The van der Waals surface area contributed by atoms with Gasteiger partial charge in [0.15, 0.2) is 0 Å². The fourth-order valence-corrected chi connectivity index (χ4v) is 6.06. The molecule has 1 saturated carbocycles. The van der Waals surface area contributed by atoms with Gasteiger partial charge in [0.2, 0.25) is 0 Å². The van der Waals surface area contributed by atoms with E-state index < -0.39 is 0 Å². The Morgan fingerprint density at radius 3 is 2.67 bits per heavy atom. The fraction of sp³-hybridized carbons (Fsp3) is 0.667. The van der Waals surface area contributed by atoms with Gasteiger partial charge in [-0.3, -0.25) is 4.90 Å². The molecule has 1 saturated heterocycles. The lowest BCUT2D eigenvalue weighted by Gasteiger charge is -2.25. The van der Waals surface area contributed by atoms with Crippen molar-refractivity contribution in [2.24, 2.45) is 0 Å². The van der Waals surface area contributed by atoms with Crippen molar-refractivity contribution in [2.45, 2.75) is 56.4 Å². The van der Waals surface area contributed by atoms with Crippen LogP contribution in [0.25, 0.3) is 10.2 Å². The predicted octanol–water partition coefficient (Wildman–Crippen LogP) is 4.18. The third-order valence-electron chi connectivity index (χ3n) is 5.09. The molecule has 24 heavy (non-hydrogen) atoms.